The molecule has 14 atom stereocenters. The normalized spacial score (nSPS) is 44.7. The minimum Gasteiger partial charge on any atom is -0.393 e. The molecule has 1 aromatic rings. The maximum Gasteiger partial charge on any atom is 0.190 e. The molecule has 1 saturated heterocycles. The number of allylic oxidation sites excluding steroid dienone is 2. The first-order valence-corrected chi connectivity index (χ1v) is 26.0. The topological polar surface area (TPSA) is 186 Å². The predicted molar refractivity (Wildman–Crippen MR) is 244 cm³/mol. The van der Waals surface area contributed by atoms with Crippen molar-refractivity contribution in [2.75, 3.05) is 18.1 Å². The lowest BCUT2D eigenvalue weighted by Gasteiger charge is -2.63. The molecule has 6 aliphatic carbocycles. The van der Waals surface area contributed by atoms with Crippen molar-refractivity contribution in [2.24, 2.45) is 67.9 Å². The fourth-order valence-electron chi connectivity index (χ4n) is 15.1. The van der Waals surface area contributed by atoms with E-state index in [0.29, 0.717) is 37.0 Å². The Bertz CT molecular complexity index is 1860. The summed E-state index contributed by atoms with van der Waals surface area (Å²) in [7, 11) is 3.68. The van der Waals surface area contributed by atoms with Crippen LogP contribution in [0, 0.1) is 57.2 Å². The summed E-state index contributed by atoms with van der Waals surface area (Å²) < 4.78 is 2.26. The van der Waals surface area contributed by atoms with Crippen molar-refractivity contribution in [2.45, 2.75) is 168 Å². The van der Waals surface area contributed by atoms with Gasteiger partial charge in [0.05, 0.1) is 30.2 Å². The van der Waals surface area contributed by atoms with Crippen LogP contribution in [0.5, 0.6) is 0 Å². The van der Waals surface area contributed by atoms with Crippen LogP contribution in [0.3, 0.4) is 0 Å². The summed E-state index contributed by atoms with van der Waals surface area (Å²) in [5, 5.41) is 61.8. The Balaban J connectivity index is 1.23. The van der Waals surface area contributed by atoms with Crippen LogP contribution in [0.15, 0.2) is 46.5 Å². The number of aliphatic hydroxyl groups excluding tert-OH is 4. The second-order valence-electron chi connectivity index (χ2n) is 22.1. The van der Waals surface area contributed by atoms with Crippen LogP contribution in [0.2, 0.25) is 0 Å². The Hall–Kier alpha value is -1.87. The molecule has 1 spiro atoms. The van der Waals surface area contributed by atoms with Gasteiger partial charge in [-0.1, -0.05) is 80.2 Å². The van der Waals surface area contributed by atoms with E-state index in [1.807, 2.05) is 34.1 Å². The minimum absolute atomic E-state index is 0.0627. The van der Waals surface area contributed by atoms with Crippen LogP contribution >= 0.6 is 21.6 Å². The molecule has 0 aromatic carbocycles. The molecular formula is C48H75N5O6S2. The van der Waals surface area contributed by atoms with Gasteiger partial charge in [-0.05, 0) is 136 Å². The van der Waals surface area contributed by atoms with E-state index in [2.05, 4.69) is 55.7 Å². The van der Waals surface area contributed by atoms with Gasteiger partial charge in [0.1, 0.15) is 6.23 Å². The van der Waals surface area contributed by atoms with Crippen molar-refractivity contribution in [1.82, 2.24) is 14.9 Å². The first-order valence-electron chi connectivity index (χ1n) is 23.5. The molecule has 8 N–H and O–H groups in total. The Morgan fingerprint density at radius 3 is 2.44 bits per heavy atom. The number of nitrogens with two attached hydrogens (primary N) is 1. The van der Waals surface area contributed by atoms with Gasteiger partial charge in [0.2, 0.25) is 0 Å². The SMILES string of the molecule is C[C@@H]1[C@H](O)C/C(=C2/CCCC3(CCCC3)C2)C(C)(C)C[C@@H](n2ccnc2)CSSC[C@H]2C[C@H]1[C@@]1(C)C[C@@H](CN=C(N)N[C@H](C)O)[C@H]3C(=CC(=O)[C@@H]4C[C@@H](O)[C@@H](O)C[C@]34C)[C@]21O. The standard InChI is InChI=1S/C48H75N5O6S2/c1-28-34-16-32(25-60-61-26-33(53-15-14-50-27-53)22-44(3,4)35(17-38(28)55)30-10-9-13-47(21-30)11-7-8-12-47)48(59)37-19-39(56)36-18-40(57)41(58)23-45(36,5)42(37)31(20-46(34,48)6)24-51-43(49)52-29(2)54/h14-15,19,27-29,31-34,36,38,40-42,54-55,57-59H,7-13,16-18,20-26H2,1-6H3,(H3,49,51,52)/b35-30+/t28-,29-,31-,32+,33+,34+,36-,38+,40+,41-,42-,45-,46+,48+/m0/s1. The maximum absolute atomic E-state index is 14.5. The lowest BCUT2D eigenvalue weighted by atomic mass is 9.42. The molecular weight excluding hydrogens is 807 g/mol. The molecule has 61 heavy (non-hydrogen) atoms. The fourth-order valence-corrected chi connectivity index (χ4v) is 17.8. The summed E-state index contributed by atoms with van der Waals surface area (Å²) in [6, 6.07) is 0.191. The van der Waals surface area contributed by atoms with Gasteiger partial charge >= 0.3 is 0 Å². The number of hydrogen-bond donors (Lipinski definition) is 7. The first kappa shape index (κ1) is 45.7. The third kappa shape index (κ3) is 8.13. The summed E-state index contributed by atoms with van der Waals surface area (Å²) in [6.45, 7) is 13.2. The number of imidazole rings is 1. The molecule has 7 aliphatic rings. The van der Waals surface area contributed by atoms with Crippen LogP contribution in [-0.2, 0) is 4.79 Å². The molecule has 2 bridgehead atoms. The zero-order valence-electron chi connectivity index (χ0n) is 37.6. The summed E-state index contributed by atoms with van der Waals surface area (Å²) >= 11 is 0. The second kappa shape index (κ2) is 17.2. The zero-order valence-corrected chi connectivity index (χ0v) is 39.2. The van der Waals surface area contributed by atoms with E-state index in [9.17, 15) is 30.3 Å². The molecule has 11 nitrogen and oxygen atoms in total. The molecule has 0 amide bonds. The Labute approximate surface area is 372 Å². The highest BCUT2D eigenvalue weighted by molar-refractivity contribution is 8.76. The van der Waals surface area contributed by atoms with Crippen molar-refractivity contribution < 1.29 is 30.3 Å². The van der Waals surface area contributed by atoms with Crippen molar-refractivity contribution in [3.05, 3.63) is 41.5 Å². The number of fused-ring (bicyclic) bond motifs is 9. The smallest absolute Gasteiger partial charge is 0.190 e. The molecule has 5 saturated carbocycles. The highest BCUT2D eigenvalue weighted by Crippen LogP contribution is 2.72. The van der Waals surface area contributed by atoms with Gasteiger partial charge in [-0.2, -0.15) is 0 Å². The molecule has 8 rings (SSSR count). The monoisotopic (exact) mass is 882 g/mol. The summed E-state index contributed by atoms with van der Waals surface area (Å²) in [4.78, 5) is 23.7. The lowest BCUT2D eigenvalue weighted by Crippen LogP contribution is -2.65. The molecule has 6 fully saturated rings. The molecule has 340 valence electrons. The van der Waals surface area contributed by atoms with E-state index in [4.69, 9.17) is 10.7 Å². The number of aliphatic hydroxyl groups is 5. The van der Waals surface area contributed by atoms with Gasteiger partial charge < -0.3 is 41.2 Å². The number of carbonyl (C=O) groups excluding carboxylic acids is 1. The summed E-state index contributed by atoms with van der Waals surface area (Å²) in [5.74, 6) is 0.202. The van der Waals surface area contributed by atoms with Crippen LogP contribution in [-0.4, -0.2) is 95.0 Å². The van der Waals surface area contributed by atoms with Crippen molar-refractivity contribution in [1.29, 1.82) is 0 Å². The molecule has 0 radical (unpaired) electrons. The van der Waals surface area contributed by atoms with E-state index in [0.717, 1.165) is 30.6 Å². The second-order valence-corrected chi connectivity index (χ2v) is 24.7. The van der Waals surface area contributed by atoms with Crippen LogP contribution < -0.4 is 11.1 Å². The van der Waals surface area contributed by atoms with Crippen molar-refractivity contribution in [3.8, 4) is 0 Å². The number of nitrogens with one attached hydrogen (secondary N) is 1. The van der Waals surface area contributed by atoms with Crippen LogP contribution in [0.1, 0.15) is 137 Å². The zero-order chi connectivity index (χ0) is 43.7. The van der Waals surface area contributed by atoms with Gasteiger partial charge in [0.25, 0.3) is 0 Å². The highest BCUT2D eigenvalue weighted by atomic mass is 33.1. The third-order valence-corrected chi connectivity index (χ3v) is 20.5. The quantitative estimate of drug-likeness (QED) is 0.0546. The van der Waals surface area contributed by atoms with E-state index >= 15 is 0 Å². The third-order valence-electron chi connectivity index (χ3n) is 18.0. The van der Waals surface area contributed by atoms with E-state index in [-0.39, 0.29) is 65.6 Å². The van der Waals surface area contributed by atoms with Crippen LogP contribution in [0.4, 0.5) is 0 Å². The van der Waals surface area contributed by atoms with E-state index in [1.54, 1.807) is 18.6 Å². The summed E-state index contributed by atoms with van der Waals surface area (Å²) in [5.41, 5.74) is 7.47. The number of aliphatic imine (C=N–C) groups is 1. The largest absolute Gasteiger partial charge is 0.393 e. The fraction of sp³-hybridized carbons (Fsp3) is 0.812. The number of rotatable bonds is 4. The number of aromatic nitrogens is 2. The number of guanidine groups is 1. The maximum atomic E-state index is 14.5. The Morgan fingerprint density at radius 1 is 1.02 bits per heavy atom. The predicted octanol–water partition coefficient (Wildman–Crippen LogP) is 6.95. The van der Waals surface area contributed by atoms with Crippen LogP contribution in [0.25, 0.3) is 0 Å². The number of carbonyl (C=O) groups is 1. The van der Waals surface area contributed by atoms with E-state index < -0.39 is 46.9 Å². The minimum atomic E-state index is -1.36. The molecule has 13 heteroatoms. The molecule has 2 heterocycles. The van der Waals surface area contributed by atoms with Gasteiger partial charge in [-0.15, -0.1) is 0 Å². The van der Waals surface area contributed by atoms with Gasteiger partial charge in [0, 0.05) is 53.7 Å². The molecule has 1 aromatic heterocycles. The number of ketones is 1. The van der Waals surface area contributed by atoms with Crippen molar-refractivity contribution in [3.63, 3.8) is 0 Å². The lowest BCUT2D eigenvalue weighted by molar-refractivity contribution is -0.168. The van der Waals surface area contributed by atoms with E-state index in [1.165, 1.54) is 44.1 Å². The number of nitrogens with zero attached hydrogens (tertiary/aromatic N) is 3. The molecule has 1 aliphatic heterocycles. The summed E-state index contributed by atoms with van der Waals surface area (Å²) in [6.07, 6.45) is 17.4. The van der Waals surface area contributed by atoms with Gasteiger partial charge in [-0.25, -0.2) is 4.98 Å². The average Bonchev–Trinajstić information content (AvgIpc) is 3.94. The Kier molecular flexibility index (Phi) is 12.9. The Morgan fingerprint density at radius 2 is 1.74 bits per heavy atom. The number of hydrogen-bond acceptors (Lipinski definition) is 10. The van der Waals surface area contributed by atoms with Gasteiger partial charge in [0.15, 0.2) is 11.7 Å². The van der Waals surface area contributed by atoms with Crippen molar-refractivity contribution >= 4 is 33.3 Å². The molecule has 0 unspecified atom stereocenters. The first-order chi connectivity index (χ1) is 28.8. The average molecular weight is 882 g/mol. The highest BCUT2D eigenvalue weighted by Gasteiger charge is 2.72. The van der Waals surface area contributed by atoms with Gasteiger partial charge in [-0.3, -0.25) is 9.79 Å².